The molecule has 1 rings (SSSR count). The van der Waals surface area contributed by atoms with E-state index in [0.29, 0.717) is 0 Å². The monoisotopic (exact) mass is 279 g/mol. The highest BCUT2D eigenvalue weighted by molar-refractivity contribution is 5.97. The van der Waals surface area contributed by atoms with E-state index in [-0.39, 0.29) is 23.2 Å². The van der Waals surface area contributed by atoms with E-state index >= 15 is 0 Å². The van der Waals surface area contributed by atoms with Gasteiger partial charge in [0.2, 0.25) is 11.8 Å². The van der Waals surface area contributed by atoms with Gasteiger partial charge in [-0.1, -0.05) is 13.8 Å². The molecule has 7 nitrogen and oxygen atoms in total. The van der Waals surface area contributed by atoms with Crippen LogP contribution in [0, 0.1) is 5.92 Å². The second kappa shape index (κ2) is 6.65. The molecule has 1 aromatic rings. The molecule has 0 aromatic carbocycles. The predicted octanol–water partition coefficient (Wildman–Crippen LogP) is 0.879. The van der Waals surface area contributed by atoms with Gasteiger partial charge in [0.25, 0.3) is 0 Å². The van der Waals surface area contributed by atoms with E-state index in [1.807, 2.05) is 0 Å². The number of carboxylic acid groups (broad SMARTS) is 1. The molecule has 1 unspecified atom stereocenters. The third-order valence-electron chi connectivity index (χ3n) is 2.57. The Labute approximate surface area is 116 Å². The highest BCUT2D eigenvalue weighted by Gasteiger charge is 2.23. The van der Waals surface area contributed by atoms with Gasteiger partial charge in [-0.25, -0.2) is 9.78 Å². The topological polar surface area (TPSA) is 108 Å². The number of hydrogen-bond donors (Lipinski definition) is 3. The van der Waals surface area contributed by atoms with Crippen molar-refractivity contribution in [3.05, 3.63) is 23.9 Å². The number of carbonyl (C=O) groups is 3. The summed E-state index contributed by atoms with van der Waals surface area (Å²) in [5.41, 5.74) is 0.0240. The number of nitrogens with zero attached hydrogens (tertiary/aromatic N) is 1. The van der Waals surface area contributed by atoms with Crippen molar-refractivity contribution in [2.45, 2.75) is 26.8 Å². The van der Waals surface area contributed by atoms with Gasteiger partial charge < -0.3 is 15.7 Å². The molecule has 7 heteroatoms. The molecule has 0 radical (unpaired) electrons. The maximum Gasteiger partial charge on any atom is 0.335 e. The fourth-order valence-electron chi connectivity index (χ4n) is 1.59. The molecule has 0 saturated carbocycles. The zero-order valence-corrected chi connectivity index (χ0v) is 11.5. The molecule has 1 aromatic heterocycles. The van der Waals surface area contributed by atoms with Gasteiger partial charge in [-0.05, 0) is 18.1 Å². The quantitative estimate of drug-likeness (QED) is 0.741. The summed E-state index contributed by atoms with van der Waals surface area (Å²) in [5, 5.41) is 13.9. The zero-order chi connectivity index (χ0) is 15.3. The van der Waals surface area contributed by atoms with Gasteiger partial charge in [0.1, 0.15) is 11.9 Å². The lowest BCUT2D eigenvalue weighted by Crippen LogP contribution is -2.46. The van der Waals surface area contributed by atoms with Crippen molar-refractivity contribution < 1.29 is 19.5 Å². The van der Waals surface area contributed by atoms with Gasteiger partial charge in [0, 0.05) is 13.1 Å². The predicted molar refractivity (Wildman–Crippen MR) is 72.3 cm³/mol. The van der Waals surface area contributed by atoms with E-state index < -0.39 is 17.9 Å². The van der Waals surface area contributed by atoms with Crippen molar-refractivity contribution in [1.82, 2.24) is 10.3 Å². The minimum atomic E-state index is -1.11. The first kappa shape index (κ1) is 15.6. The fraction of sp³-hybridized carbons (Fsp3) is 0.385. The summed E-state index contributed by atoms with van der Waals surface area (Å²) in [4.78, 5) is 37.8. The second-order valence-corrected chi connectivity index (χ2v) is 4.65. The van der Waals surface area contributed by atoms with Gasteiger partial charge in [-0.3, -0.25) is 9.59 Å². The summed E-state index contributed by atoms with van der Waals surface area (Å²) in [7, 11) is 0. The van der Waals surface area contributed by atoms with E-state index in [4.69, 9.17) is 5.11 Å². The first-order valence-corrected chi connectivity index (χ1v) is 6.08. The molecular formula is C13H17N3O4. The van der Waals surface area contributed by atoms with Crippen LogP contribution < -0.4 is 10.6 Å². The number of pyridine rings is 1. The Morgan fingerprint density at radius 1 is 1.30 bits per heavy atom. The Hall–Kier alpha value is -2.44. The largest absolute Gasteiger partial charge is 0.478 e. The SMILES string of the molecule is CC(=O)NC(C(=O)Nc1cc(C(=O)O)ccn1)C(C)C. The maximum atomic E-state index is 12.1. The number of aromatic nitrogens is 1. The standard InChI is InChI=1S/C13H17N3O4/c1-7(2)11(15-8(3)17)12(18)16-10-6-9(13(19)20)4-5-14-10/h4-7,11H,1-3H3,(H,15,17)(H,19,20)(H,14,16,18). The second-order valence-electron chi connectivity index (χ2n) is 4.65. The minimum absolute atomic E-state index is 0.0240. The smallest absolute Gasteiger partial charge is 0.335 e. The van der Waals surface area contributed by atoms with Gasteiger partial charge in [-0.2, -0.15) is 0 Å². The van der Waals surface area contributed by atoms with Gasteiger partial charge in [0.05, 0.1) is 5.56 Å². The van der Waals surface area contributed by atoms with E-state index in [1.54, 1.807) is 13.8 Å². The third-order valence-corrected chi connectivity index (χ3v) is 2.57. The molecule has 108 valence electrons. The van der Waals surface area contributed by atoms with Crippen LogP contribution in [0.2, 0.25) is 0 Å². The molecule has 20 heavy (non-hydrogen) atoms. The lowest BCUT2D eigenvalue weighted by molar-refractivity contribution is -0.126. The number of rotatable bonds is 5. The van der Waals surface area contributed by atoms with Crippen LogP contribution in [-0.2, 0) is 9.59 Å². The molecule has 0 bridgehead atoms. The van der Waals surface area contributed by atoms with Crippen molar-refractivity contribution in [1.29, 1.82) is 0 Å². The van der Waals surface area contributed by atoms with E-state index in [2.05, 4.69) is 15.6 Å². The Bertz CT molecular complexity index is 528. The van der Waals surface area contributed by atoms with Gasteiger partial charge >= 0.3 is 5.97 Å². The average Bonchev–Trinajstić information content (AvgIpc) is 2.35. The Kier molecular flexibility index (Phi) is 5.19. The van der Waals surface area contributed by atoms with E-state index in [0.717, 1.165) is 0 Å². The number of nitrogens with one attached hydrogen (secondary N) is 2. The number of carbonyl (C=O) groups excluding carboxylic acids is 2. The molecule has 0 spiro atoms. The van der Waals surface area contributed by atoms with Crippen LogP contribution in [0.4, 0.5) is 5.82 Å². The van der Waals surface area contributed by atoms with Crippen LogP contribution >= 0.6 is 0 Å². The highest BCUT2D eigenvalue weighted by atomic mass is 16.4. The minimum Gasteiger partial charge on any atom is -0.478 e. The van der Waals surface area contributed by atoms with Crippen molar-refractivity contribution in [3.63, 3.8) is 0 Å². The number of hydrogen-bond acceptors (Lipinski definition) is 4. The molecule has 0 fully saturated rings. The number of carboxylic acids is 1. The molecule has 0 aliphatic rings. The third kappa shape index (κ3) is 4.34. The highest BCUT2D eigenvalue weighted by Crippen LogP contribution is 2.09. The molecule has 1 atom stereocenters. The van der Waals surface area contributed by atoms with Crippen molar-refractivity contribution in [2.75, 3.05) is 5.32 Å². The van der Waals surface area contributed by atoms with Crippen LogP contribution in [0.25, 0.3) is 0 Å². The molecule has 2 amide bonds. The van der Waals surface area contributed by atoms with Crippen LogP contribution in [0.5, 0.6) is 0 Å². The first-order valence-electron chi connectivity index (χ1n) is 6.08. The Balaban J connectivity index is 2.85. The molecule has 1 heterocycles. The molecule has 3 N–H and O–H groups in total. The summed E-state index contributed by atoms with van der Waals surface area (Å²) in [6.07, 6.45) is 1.29. The summed E-state index contributed by atoms with van der Waals surface area (Å²) < 4.78 is 0. The molecule has 0 aliphatic heterocycles. The summed E-state index contributed by atoms with van der Waals surface area (Å²) in [5.74, 6) is -1.84. The number of amides is 2. The summed E-state index contributed by atoms with van der Waals surface area (Å²) in [6.45, 7) is 4.91. The lowest BCUT2D eigenvalue weighted by Gasteiger charge is -2.20. The zero-order valence-electron chi connectivity index (χ0n) is 11.5. The van der Waals surface area contributed by atoms with E-state index in [1.165, 1.54) is 25.3 Å². The lowest BCUT2D eigenvalue weighted by atomic mass is 10.0. The van der Waals surface area contributed by atoms with Crippen molar-refractivity contribution >= 4 is 23.6 Å². The van der Waals surface area contributed by atoms with Crippen molar-refractivity contribution in [2.24, 2.45) is 5.92 Å². The molecule has 0 aliphatic carbocycles. The van der Waals surface area contributed by atoms with E-state index in [9.17, 15) is 14.4 Å². The number of anilines is 1. The van der Waals surface area contributed by atoms with Crippen LogP contribution in [-0.4, -0.2) is 33.9 Å². The van der Waals surface area contributed by atoms with Crippen LogP contribution in [0.1, 0.15) is 31.1 Å². The Morgan fingerprint density at radius 2 is 1.95 bits per heavy atom. The number of aromatic carboxylic acids is 1. The van der Waals surface area contributed by atoms with Crippen molar-refractivity contribution in [3.8, 4) is 0 Å². The first-order chi connectivity index (χ1) is 9.31. The van der Waals surface area contributed by atoms with Crippen LogP contribution in [0.3, 0.4) is 0 Å². The molecular weight excluding hydrogens is 262 g/mol. The van der Waals surface area contributed by atoms with Gasteiger partial charge in [-0.15, -0.1) is 0 Å². The normalized spacial score (nSPS) is 11.8. The van der Waals surface area contributed by atoms with Gasteiger partial charge in [0.15, 0.2) is 0 Å². The Morgan fingerprint density at radius 3 is 2.45 bits per heavy atom. The maximum absolute atomic E-state index is 12.1. The average molecular weight is 279 g/mol. The summed E-state index contributed by atoms with van der Waals surface area (Å²) in [6, 6.07) is 1.87. The fourth-order valence-corrected chi connectivity index (χ4v) is 1.59. The molecule has 0 saturated heterocycles. The summed E-state index contributed by atoms with van der Waals surface area (Å²) >= 11 is 0. The van der Waals surface area contributed by atoms with Crippen LogP contribution in [0.15, 0.2) is 18.3 Å².